The summed E-state index contributed by atoms with van der Waals surface area (Å²) in [6.45, 7) is 5.62. The summed E-state index contributed by atoms with van der Waals surface area (Å²) < 4.78 is 12.3. The van der Waals surface area contributed by atoms with Crippen LogP contribution in [-0.2, 0) is 23.0 Å². The molecule has 0 aliphatic carbocycles. The van der Waals surface area contributed by atoms with Crippen molar-refractivity contribution in [1.29, 1.82) is 0 Å². The van der Waals surface area contributed by atoms with E-state index in [1.807, 2.05) is 30.3 Å². The van der Waals surface area contributed by atoms with Crippen LogP contribution in [-0.4, -0.2) is 47.0 Å². The van der Waals surface area contributed by atoms with Crippen LogP contribution in [0, 0.1) is 5.92 Å². The van der Waals surface area contributed by atoms with Crippen LogP contribution < -0.4 is 5.32 Å². The molecule has 2 aromatic rings. The van der Waals surface area contributed by atoms with E-state index in [9.17, 15) is 4.21 Å². The van der Waals surface area contributed by atoms with Gasteiger partial charge in [0.25, 0.3) is 0 Å². The number of likely N-dealkylation sites (tertiary alicyclic amines) is 1. The number of hydrogen-bond donors (Lipinski definition) is 1. The average Bonchev–Trinajstić information content (AvgIpc) is 3.17. The van der Waals surface area contributed by atoms with E-state index in [4.69, 9.17) is 4.99 Å². The molecule has 1 fully saturated rings. The summed E-state index contributed by atoms with van der Waals surface area (Å²) >= 11 is 0. The second-order valence-electron chi connectivity index (χ2n) is 7.30. The standard InChI is InChI=1S/C23H31N3OS/c1-2-24-23(25-14-16-28(27)19-21-11-7-4-8-12-21)26-15-13-22(18-26)17-20-9-5-3-6-10-20/h3-12,22H,2,13-19H2,1H3,(H,24,25). The summed E-state index contributed by atoms with van der Waals surface area (Å²) in [5.74, 6) is 2.84. The van der Waals surface area contributed by atoms with Crippen LogP contribution >= 0.6 is 0 Å². The van der Waals surface area contributed by atoms with Crippen molar-refractivity contribution in [1.82, 2.24) is 10.2 Å². The Morgan fingerprint density at radius 1 is 1.11 bits per heavy atom. The predicted molar refractivity (Wildman–Crippen MR) is 119 cm³/mol. The number of nitrogens with zero attached hydrogens (tertiary/aromatic N) is 2. The molecule has 2 atom stereocenters. The van der Waals surface area contributed by atoms with Gasteiger partial charge in [0.05, 0.1) is 6.54 Å². The predicted octanol–water partition coefficient (Wildman–Crippen LogP) is 3.47. The van der Waals surface area contributed by atoms with E-state index < -0.39 is 10.8 Å². The first-order valence-electron chi connectivity index (χ1n) is 10.2. The molecule has 2 unspecified atom stereocenters. The van der Waals surface area contributed by atoms with E-state index in [-0.39, 0.29) is 0 Å². The summed E-state index contributed by atoms with van der Waals surface area (Å²) in [6.07, 6.45) is 2.32. The van der Waals surface area contributed by atoms with E-state index in [0.717, 1.165) is 37.6 Å². The number of guanidine groups is 1. The zero-order chi connectivity index (χ0) is 19.6. The summed E-state index contributed by atoms with van der Waals surface area (Å²) in [5.41, 5.74) is 2.53. The molecule has 4 nitrogen and oxygen atoms in total. The van der Waals surface area contributed by atoms with Gasteiger partial charge in [-0.05, 0) is 36.8 Å². The highest BCUT2D eigenvalue weighted by Gasteiger charge is 2.24. The molecule has 1 saturated heterocycles. The highest BCUT2D eigenvalue weighted by atomic mass is 32.2. The third kappa shape index (κ3) is 6.48. The van der Waals surface area contributed by atoms with Crippen molar-refractivity contribution in [2.45, 2.75) is 25.5 Å². The zero-order valence-electron chi connectivity index (χ0n) is 16.7. The molecule has 1 N–H and O–H groups in total. The van der Waals surface area contributed by atoms with Crippen molar-refractivity contribution in [3.05, 3.63) is 71.8 Å². The number of benzene rings is 2. The number of hydrogen-bond acceptors (Lipinski definition) is 2. The zero-order valence-corrected chi connectivity index (χ0v) is 17.5. The molecule has 0 radical (unpaired) electrons. The fourth-order valence-corrected chi connectivity index (χ4v) is 4.65. The Balaban J connectivity index is 1.49. The Morgan fingerprint density at radius 3 is 2.46 bits per heavy atom. The number of nitrogens with one attached hydrogen (secondary N) is 1. The Hall–Kier alpha value is -2.14. The van der Waals surface area contributed by atoms with E-state index in [2.05, 4.69) is 47.5 Å². The van der Waals surface area contributed by atoms with Gasteiger partial charge < -0.3 is 10.2 Å². The largest absolute Gasteiger partial charge is 0.357 e. The first-order valence-corrected chi connectivity index (χ1v) is 11.7. The monoisotopic (exact) mass is 397 g/mol. The van der Waals surface area contributed by atoms with E-state index in [0.29, 0.717) is 24.0 Å². The molecule has 1 heterocycles. The highest BCUT2D eigenvalue weighted by molar-refractivity contribution is 7.84. The third-order valence-electron chi connectivity index (χ3n) is 5.04. The molecule has 0 amide bonds. The van der Waals surface area contributed by atoms with E-state index in [1.165, 1.54) is 12.0 Å². The lowest BCUT2D eigenvalue weighted by molar-refractivity contribution is 0.460. The Labute approximate surface area is 171 Å². The minimum atomic E-state index is -0.880. The van der Waals surface area contributed by atoms with Gasteiger partial charge >= 0.3 is 0 Å². The maximum Gasteiger partial charge on any atom is 0.193 e. The van der Waals surface area contributed by atoms with Gasteiger partial charge in [0, 0.05) is 41.9 Å². The summed E-state index contributed by atoms with van der Waals surface area (Å²) in [6, 6.07) is 20.8. The van der Waals surface area contributed by atoms with Crippen LogP contribution in [0.5, 0.6) is 0 Å². The quantitative estimate of drug-likeness (QED) is 0.548. The lowest BCUT2D eigenvalue weighted by Gasteiger charge is -2.21. The Bertz CT molecular complexity index is 764. The molecular weight excluding hydrogens is 366 g/mol. The molecule has 28 heavy (non-hydrogen) atoms. The van der Waals surface area contributed by atoms with E-state index in [1.54, 1.807) is 0 Å². The summed E-state index contributed by atoms with van der Waals surface area (Å²) in [5, 5.41) is 3.41. The first kappa shape index (κ1) is 20.6. The molecule has 2 aromatic carbocycles. The van der Waals surface area contributed by atoms with Gasteiger partial charge in [0.2, 0.25) is 0 Å². The van der Waals surface area contributed by atoms with Gasteiger partial charge in [0.15, 0.2) is 5.96 Å². The first-order chi connectivity index (χ1) is 13.7. The molecule has 0 saturated carbocycles. The number of aliphatic imine (C=N–C) groups is 1. The van der Waals surface area contributed by atoms with Gasteiger partial charge in [0.1, 0.15) is 0 Å². The maximum atomic E-state index is 12.3. The van der Waals surface area contributed by atoms with Crippen LogP contribution in [0.1, 0.15) is 24.5 Å². The molecule has 150 valence electrons. The molecule has 0 spiro atoms. The fourth-order valence-electron chi connectivity index (χ4n) is 3.65. The fraction of sp³-hybridized carbons (Fsp3) is 0.435. The van der Waals surface area contributed by atoms with Gasteiger partial charge in [-0.15, -0.1) is 0 Å². The second kappa shape index (κ2) is 11.0. The summed E-state index contributed by atoms with van der Waals surface area (Å²) in [7, 11) is -0.880. The lowest BCUT2D eigenvalue weighted by atomic mass is 9.99. The van der Waals surface area contributed by atoms with Crippen molar-refractivity contribution >= 4 is 16.8 Å². The van der Waals surface area contributed by atoms with Crippen molar-refractivity contribution in [3.8, 4) is 0 Å². The van der Waals surface area contributed by atoms with Crippen LogP contribution in [0.2, 0.25) is 0 Å². The summed E-state index contributed by atoms with van der Waals surface area (Å²) in [4.78, 5) is 7.12. The smallest absolute Gasteiger partial charge is 0.193 e. The van der Waals surface area contributed by atoms with Crippen LogP contribution in [0.3, 0.4) is 0 Å². The molecule has 0 aromatic heterocycles. The van der Waals surface area contributed by atoms with Crippen molar-refractivity contribution in [2.75, 3.05) is 31.9 Å². The van der Waals surface area contributed by atoms with Crippen molar-refractivity contribution in [2.24, 2.45) is 10.9 Å². The molecule has 0 bridgehead atoms. The second-order valence-corrected chi connectivity index (χ2v) is 8.88. The minimum absolute atomic E-state index is 0.599. The minimum Gasteiger partial charge on any atom is -0.357 e. The SMILES string of the molecule is CCNC(=NCCS(=O)Cc1ccccc1)N1CCC(Cc2ccccc2)C1. The molecule has 5 heteroatoms. The Morgan fingerprint density at radius 2 is 1.79 bits per heavy atom. The Kier molecular flexibility index (Phi) is 8.09. The lowest BCUT2D eigenvalue weighted by Crippen LogP contribution is -2.40. The normalized spacial score (nSPS) is 18.2. The number of rotatable bonds is 8. The van der Waals surface area contributed by atoms with Crippen LogP contribution in [0.15, 0.2) is 65.7 Å². The van der Waals surface area contributed by atoms with E-state index >= 15 is 0 Å². The highest BCUT2D eigenvalue weighted by Crippen LogP contribution is 2.20. The molecule has 1 aliphatic heterocycles. The van der Waals surface area contributed by atoms with Crippen molar-refractivity contribution in [3.63, 3.8) is 0 Å². The van der Waals surface area contributed by atoms with Gasteiger partial charge in [-0.3, -0.25) is 9.20 Å². The molecule has 1 aliphatic rings. The van der Waals surface area contributed by atoms with Gasteiger partial charge in [-0.25, -0.2) is 0 Å². The average molecular weight is 398 g/mol. The molecule has 3 rings (SSSR count). The van der Waals surface area contributed by atoms with Crippen LogP contribution in [0.25, 0.3) is 0 Å². The van der Waals surface area contributed by atoms with Crippen molar-refractivity contribution < 1.29 is 4.21 Å². The third-order valence-corrected chi connectivity index (χ3v) is 6.33. The van der Waals surface area contributed by atoms with Gasteiger partial charge in [-0.2, -0.15) is 0 Å². The topological polar surface area (TPSA) is 44.7 Å². The molecular formula is C23H31N3OS. The van der Waals surface area contributed by atoms with Gasteiger partial charge in [-0.1, -0.05) is 60.7 Å². The van der Waals surface area contributed by atoms with Crippen LogP contribution in [0.4, 0.5) is 0 Å². The maximum absolute atomic E-state index is 12.3.